The number of rotatable bonds is 7. The molecule has 0 aliphatic heterocycles. The smallest absolute Gasteiger partial charge is 0.227 e. The van der Waals surface area contributed by atoms with Crippen LogP contribution in [0.3, 0.4) is 0 Å². The number of ether oxygens (including phenoxy) is 1. The number of anilines is 1. The maximum Gasteiger partial charge on any atom is 0.227 e. The molecule has 0 unspecified atom stereocenters. The Labute approximate surface area is 154 Å². The number of hydrogen-bond donors (Lipinski definition) is 1. The summed E-state index contributed by atoms with van der Waals surface area (Å²) in [6.45, 7) is 2.35. The van der Waals surface area contributed by atoms with Crippen molar-refractivity contribution in [1.82, 2.24) is 0 Å². The maximum absolute atomic E-state index is 12.3. The fourth-order valence-electron chi connectivity index (χ4n) is 2.80. The Balaban J connectivity index is 1.57. The van der Waals surface area contributed by atoms with Crippen LogP contribution in [-0.4, -0.2) is 12.5 Å². The van der Waals surface area contributed by atoms with Crippen LogP contribution in [0.2, 0.25) is 0 Å². The van der Waals surface area contributed by atoms with Gasteiger partial charge in [0.25, 0.3) is 0 Å². The fraction of sp³-hybridized carbons (Fsp3) is 0.174. The molecule has 3 aromatic carbocycles. The van der Waals surface area contributed by atoms with Crippen LogP contribution in [0.25, 0.3) is 0 Å². The molecule has 0 spiro atoms. The largest absolute Gasteiger partial charge is 0.493 e. The van der Waals surface area contributed by atoms with E-state index in [1.165, 1.54) is 5.56 Å². The summed E-state index contributed by atoms with van der Waals surface area (Å²) in [6, 6.07) is 26.0. The van der Waals surface area contributed by atoms with E-state index >= 15 is 0 Å². The van der Waals surface area contributed by atoms with E-state index in [-0.39, 0.29) is 5.91 Å². The zero-order valence-electron chi connectivity index (χ0n) is 14.9. The normalized spacial score (nSPS) is 10.3. The zero-order chi connectivity index (χ0) is 18.2. The third-order valence-electron chi connectivity index (χ3n) is 4.21. The predicted molar refractivity (Wildman–Crippen MR) is 106 cm³/mol. The molecule has 3 heteroatoms. The minimum absolute atomic E-state index is 0.0425. The van der Waals surface area contributed by atoms with Crippen molar-refractivity contribution in [3.63, 3.8) is 0 Å². The van der Waals surface area contributed by atoms with Gasteiger partial charge in [-0.25, -0.2) is 0 Å². The average molecular weight is 345 g/mol. The monoisotopic (exact) mass is 345 g/mol. The average Bonchev–Trinajstić information content (AvgIpc) is 2.66. The molecule has 0 saturated carbocycles. The molecule has 0 aromatic heterocycles. The molecule has 132 valence electrons. The van der Waals surface area contributed by atoms with Gasteiger partial charge in [-0.05, 0) is 42.2 Å². The topological polar surface area (TPSA) is 38.3 Å². The molecule has 0 fully saturated rings. The van der Waals surface area contributed by atoms with Gasteiger partial charge in [0, 0.05) is 5.69 Å². The molecule has 0 heterocycles. The first kappa shape index (κ1) is 17.7. The van der Waals surface area contributed by atoms with Gasteiger partial charge in [-0.15, -0.1) is 0 Å². The Morgan fingerprint density at radius 2 is 1.58 bits per heavy atom. The highest BCUT2D eigenvalue weighted by molar-refractivity contribution is 5.91. The lowest BCUT2D eigenvalue weighted by Gasteiger charge is -2.12. The molecule has 1 N–H and O–H groups in total. The van der Waals surface area contributed by atoms with Gasteiger partial charge < -0.3 is 10.1 Å². The zero-order valence-corrected chi connectivity index (χ0v) is 14.9. The van der Waals surface area contributed by atoms with E-state index in [0.29, 0.717) is 13.0 Å². The number of amides is 1. The van der Waals surface area contributed by atoms with Gasteiger partial charge in [0.1, 0.15) is 5.75 Å². The molecule has 0 atom stereocenters. The van der Waals surface area contributed by atoms with Crippen molar-refractivity contribution >= 4 is 11.6 Å². The highest BCUT2D eigenvalue weighted by Gasteiger charge is 2.08. The Morgan fingerprint density at radius 3 is 2.38 bits per heavy atom. The van der Waals surface area contributed by atoms with Crippen molar-refractivity contribution in [2.75, 3.05) is 11.9 Å². The van der Waals surface area contributed by atoms with Gasteiger partial charge in [0.05, 0.1) is 13.0 Å². The van der Waals surface area contributed by atoms with E-state index in [9.17, 15) is 4.79 Å². The van der Waals surface area contributed by atoms with Crippen molar-refractivity contribution in [2.24, 2.45) is 0 Å². The van der Waals surface area contributed by atoms with Crippen LogP contribution in [-0.2, 0) is 11.2 Å². The molecular weight excluding hydrogens is 322 g/mol. The Kier molecular flexibility index (Phi) is 6.05. The second-order valence-electron chi connectivity index (χ2n) is 6.23. The molecule has 3 nitrogen and oxygen atoms in total. The van der Waals surface area contributed by atoms with Gasteiger partial charge in [0.2, 0.25) is 5.91 Å². The lowest BCUT2D eigenvalue weighted by molar-refractivity contribution is -0.116. The van der Waals surface area contributed by atoms with E-state index in [1.54, 1.807) is 0 Å². The summed E-state index contributed by atoms with van der Waals surface area (Å²) < 4.78 is 5.71. The van der Waals surface area contributed by atoms with E-state index in [4.69, 9.17) is 4.74 Å². The minimum Gasteiger partial charge on any atom is -0.493 e. The second kappa shape index (κ2) is 8.86. The lowest BCUT2D eigenvalue weighted by atomic mass is 10.0. The van der Waals surface area contributed by atoms with Crippen LogP contribution in [0.5, 0.6) is 5.75 Å². The molecular formula is C23H23NO2. The highest BCUT2D eigenvalue weighted by Crippen LogP contribution is 2.20. The molecule has 1 amide bonds. The third kappa shape index (κ3) is 4.96. The molecule has 26 heavy (non-hydrogen) atoms. The third-order valence-corrected chi connectivity index (χ3v) is 4.21. The second-order valence-corrected chi connectivity index (χ2v) is 6.23. The van der Waals surface area contributed by atoms with E-state index in [1.807, 2.05) is 73.7 Å². The van der Waals surface area contributed by atoms with Crippen molar-refractivity contribution in [2.45, 2.75) is 19.8 Å². The Hall–Kier alpha value is -3.07. The maximum atomic E-state index is 12.3. The van der Waals surface area contributed by atoms with Gasteiger partial charge in [0.15, 0.2) is 0 Å². The quantitative estimate of drug-likeness (QED) is 0.655. The lowest BCUT2D eigenvalue weighted by Crippen LogP contribution is -2.16. The highest BCUT2D eigenvalue weighted by atomic mass is 16.5. The first-order valence-electron chi connectivity index (χ1n) is 8.82. The molecule has 0 bridgehead atoms. The number of hydrogen-bond acceptors (Lipinski definition) is 2. The van der Waals surface area contributed by atoms with Crippen LogP contribution >= 0.6 is 0 Å². The van der Waals surface area contributed by atoms with Gasteiger partial charge in [-0.2, -0.15) is 0 Å². The number of para-hydroxylation sites is 2. The summed E-state index contributed by atoms with van der Waals surface area (Å²) in [5, 5.41) is 3.01. The number of nitrogens with one attached hydrogen (secondary N) is 1. The first-order chi connectivity index (χ1) is 12.7. The van der Waals surface area contributed by atoms with Gasteiger partial charge in [-0.1, -0.05) is 66.7 Å². The molecule has 0 saturated heterocycles. The summed E-state index contributed by atoms with van der Waals surface area (Å²) in [4.78, 5) is 12.3. The van der Waals surface area contributed by atoms with Crippen LogP contribution in [0.15, 0.2) is 78.9 Å². The van der Waals surface area contributed by atoms with Gasteiger partial charge >= 0.3 is 0 Å². The van der Waals surface area contributed by atoms with Crippen LogP contribution < -0.4 is 10.1 Å². The SMILES string of the molecule is Cc1ccccc1OCCC(=O)Nc1ccccc1Cc1ccccc1. The van der Waals surface area contributed by atoms with E-state index in [2.05, 4.69) is 17.4 Å². The summed E-state index contributed by atoms with van der Waals surface area (Å²) in [7, 11) is 0. The van der Waals surface area contributed by atoms with Crippen molar-refractivity contribution in [3.05, 3.63) is 95.6 Å². The number of carbonyl (C=O) groups excluding carboxylic acids is 1. The minimum atomic E-state index is -0.0425. The predicted octanol–water partition coefficient (Wildman–Crippen LogP) is 4.99. The molecule has 0 radical (unpaired) electrons. The Bertz CT molecular complexity index is 859. The van der Waals surface area contributed by atoms with Crippen molar-refractivity contribution in [3.8, 4) is 5.75 Å². The van der Waals surface area contributed by atoms with Crippen molar-refractivity contribution < 1.29 is 9.53 Å². The first-order valence-corrected chi connectivity index (χ1v) is 8.82. The summed E-state index contributed by atoms with van der Waals surface area (Å²) >= 11 is 0. The van der Waals surface area contributed by atoms with E-state index < -0.39 is 0 Å². The molecule has 3 rings (SSSR count). The molecule has 0 aliphatic carbocycles. The van der Waals surface area contributed by atoms with Crippen LogP contribution in [0.4, 0.5) is 5.69 Å². The standard InChI is InChI=1S/C23H23NO2/c1-18-9-5-8-14-22(18)26-16-15-23(25)24-21-13-7-6-12-20(21)17-19-10-3-2-4-11-19/h2-14H,15-17H2,1H3,(H,24,25). The van der Waals surface area contributed by atoms with Crippen LogP contribution in [0.1, 0.15) is 23.1 Å². The van der Waals surface area contributed by atoms with Gasteiger partial charge in [-0.3, -0.25) is 4.79 Å². The molecule has 3 aromatic rings. The molecule has 0 aliphatic rings. The van der Waals surface area contributed by atoms with Crippen LogP contribution in [0, 0.1) is 6.92 Å². The Morgan fingerprint density at radius 1 is 0.885 bits per heavy atom. The summed E-state index contributed by atoms with van der Waals surface area (Å²) in [5.41, 5.74) is 4.25. The number of benzene rings is 3. The summed E-state index contributed by atoms with van der Waals surface area (Å²) in [6.07, 6.45) is 1.10. The summed E-state index contributed by atoms with van der Waals surface area (Å²) in [5.74, 6) is 0.781. The van der Waals surface area contributed by atoms with E-state index in [0.717, 1.165) is 29.0 Å². The van der Waals surface area contributed by atoms with Crippen molar-refractivity contribution in [1.29, 1.82) is 0 Å². The number of aryl methyl sites for hydroxylation is 1. The fourth-order valence-corrected chi connectivity index (χ4v) is 2.80. The number of carbonyl (C=O) groups is 1.